The first-order valence-corrected chi connectivity index (χ1v) is 6.42. The van der Waals surface area contributed by atoms with Gasteiger partial charge < -0.3 is 5.73 Å². The van der Waals surface area contributed by atoms with E-state index in [0.717, 1.165) is 16.8 Å². The molecule has 21 heavy (non-hydrogen) atoms. The predicted molar refractivity (Wildman–Crippen MR) is 81.5 cm³/mol. The average Bonchev–Trinajstić information content (AvgIpc) is 2.89. The molecule has 5 heteroatoms. The molecule has 0 aliphatic heterocycles. The Morgan fingerprint density at radius 2 is 1.76 bits per heavy atom. The number of nitrogens with zero attached hydrogens (tertiary/aromatic N) is 3. The number of nitrogens with two attached hydrogens (primary N) is 1. The molecule has 0 spiro atoms. The Kier molecular flexibility index (Phi) is 3.47. The smallest absolute Gasteiger partial charge is 0.221 e. The van der Waals surface area contributed by atoms with Crippen LogP contribution >= 0.6 is 0 Å². The van der Waals surface area contributed by atoms with Crippen LogP contribution in [-0.4, -0.2) is 15.9 Å². The van der Waals surface area contributed by atoms with Crippen LogP contribution in [0.1, 0.15) is 5.56 Å². The molecule has 0 amide bonds. The Balaban J connectivity index is 1.86. The molecule has 0 aliphatic carbocycles. The van der Waals surface area contributed by atoms with Crippen molar-refractivity contribution in [3.05, 3.63) is 72.2 Å². The molecule has 1 aromatic heterocycles. The van der Waals surface area contributed by atoms with Crippen LogP contribution in [0.2, 0.25) is 0 Å². The first-order chi connectivity index (χ1) is 10.2. The van der Waals surface area contributed by atoms with Gasteiger partial charge in [0.05, 0.1) is 18.1 Å². The number of benzene rings is 2. The number of aromatic nitrogens is 2. The summed E-state index contributed by atoms with van der Waals surface area (Å²) in [6.45, 7) is 0. The minimum atomic E-state index is -0.277. The van der Waals surface area contributed by atoms with Gasteiger partial charge in [-0.25, -0.2) is 14.1 Å². The third kappa shape index (κ3) is 2.97. The number of hydrogen-bond acceptors (Lipinski definition) is 3. The van der Waals surface area contributed by atoms with E-state index in [9.17, 15) is 4.39 Å². The van der Waals surface area contributed by atoms with Gasteiger partial charge in [-0.05, 0) is 17.7 Å². The molecule has 104 valence electrons. The molecule has 0 radical (unpaired) electrons. The molecule has 4 nitrogen and oxygen atoms in total. The van der Waals surface area contributed by atoms with Gasteiger partial charge in [0.15, 0.2) is 0 Å². The number of halogens is 1. The quantitative estimate of drug-likeness (QED) is 0.749. The predicted octanol–water partition coefficient (Wildman–Crippen LogP) is 3.15. The number of nitrogen functional groups attached to an aromatic ring is 1. The van der Waals surface area contributed by atoms with Crippen LogP contribution in [0.5, 0.6) is 0 Å². The van der Waals surface area contributed by atoms with Crippen LogP contribution in [0.15, 0.2) is 65.9 Å². The lowest BCUT2D eigenvalue weighted by Gasteiger charge is -1.95. The van der Waals surface area contributed by atoms with Gasteiger partial charge in [-0.2, -0.15) is 5.10 Å². The van der Waals surface area contributed by atoms with Gasteiger partial charge in [0, 0.05) is 5.56 Å². The maximum absolute atomic E-state index is 12.8. The highest BCUT2D eigenvalue weighted by molar-refractivity contribution is 5.79. The lowest BCUT2D eigenvalue weighted by molar-refractivity contribution is 0.628. The summed E-state index contributed by atoms with van der Waals surface area (Å²) in [6, 6.07) is 15.8. The summed E-state index contributed by atoms with van der Waals surface area (Å²) in [4.78, 5) is 4.27. The van der Waals surface area contributed by atoms with Crippen molar-refractivity contribution >= 4 is 12.2 Å². The van der Waals surface area contributed by atoms with E-state index in [-0.39, 0.29) is 5.82 Å². The van der Waals surface area contributed by atoms with Gasteiger partial charge in [0.25, 0.3) is 0 Å². The summed E-state index contributed by atoms with van der Waals surface area (Å²) in [7, 11) is 0. The summed E-state index contributed by atoms with van der Waals surface area (Å²) in [5, 5.41) is 4.23. The van der Waals surface area contributed by atoms with E-state index in [1.807, 2.05) is 30.3 Å². The highest BCUT2D eigenvalue weighted by Gasteiger charge is 2.05. The lowest BCUT2D eigenvalue weighted by Crippen LogP contribution is -1.96. The summed E-state index contributed by atoms with van der Waals surface area (Å²) in [5.74, 6) is 0.0212. The SMILES string of the molecule is Nc1nc(-c2ccccc2)cn1/N=C\c1ccc(F)cc1. The topological polar surface area (TPSA) is 56.2 Å². The lowest BCUT2D eigenvalue weighted by atomic mass is 10.2. The van der Waals surface area contributed by atoms with Gasteiger partial charge in [-0.15, -0.1) is 0 Å². The van der Waals surface area contributed by atoms with Crippen LogP contribution in [-0.2, 0) is 0 Å². The molecule has 0 fully saturated rings. The molecule has 2 aromatic carbocycles. The van der Waals surface area contributed by atoms with Crippen molar-refractivity contribution in [3.63, 3.8) is 0 Å². The molecule has 0 saturated heterocycles. The Bertz CT molecular complexity index is 761. The normalized spacial score (nSPS) is 11.1. The second kappa shape index (κ2) is 5.58. The van der Waals surface area contributed by atoms with Gasteiger partial charge in [0.2, 0.25) is 5.95 Å². The zero-order chi connectivity index (χ0) is 14.7. The Morgan fingerprint density at radius 1 is 1.05 bits per heavy atom. The van der Waals surface area contributed by atoms with Crippen molar-refractivity contribution in [1.82, 2.24) is 9.66 Å². The van der Waals surface area contributed by atoms with E-state index in [4.69, 9.17) is 5.73 Å². The first-order valence-electron chi connectivity index (χ1n) is 6.42. The summed E-state index contributed by atoms with van der Waals surface area (Å²) >= 11 is 0. The van der Waals surface area contributed by atoms with E-state index in [1.165, 1.54) is 16.8 Å². The fraction of sp³-hybridized carbons (Fsp3) is 0. The molecule has 3 aromatic rings. The highest BCUT2D eigenvalue weighted by Crippen LogP contribution is 2.19. The highest BCUT2D eigenvalue weighted by atomic mass is 19.1. The van der Waals surface area contributed by atoms with Crippen molar-refractivity contribution in [2.45, 2.75) is 0 Å². The Hall–Kier alpha value is -2.95. The Morgan fingerprint density at radius 3 is 2.48 bits per heavy atom. The molecule has 0 atom stereocenters. The minimum Gasteiger partial charge on any atom is -0.368 e. The fourth-order valence-electron chi connectivity index (χ4n) is 1.90. The van der Waals surface area contributed by atoms with E-state index in [0.29, 0.717) is 5.95 Å². The standard InChI is InChI=1S/C16H13FN4/c17-14-8-6-12(7-9-14)10-19-21-11-15(20-16(21)18)13-4-2-1-3-5-13/h1-11H,(H2,18,20)/b19-10-. The molecule has 3 rings (SSSR count). The molecular weight excluding hydrogens is 267 g/mol. The van der Waals surface area contributed by atoms with Crippen LogP contribution in [0.4, 0.5) is 10.3 Å². The number of anilines is 1. The van der Waals surface area contributed by atoms with Gasteiger partial charge >= 0.3 is 0 Å². The number of imidazole rings is 1. The third-order valence-electron chi connectivity index (χ3n) is 2.99. The third-order valence-corrected chi connectivity index (χ3v) is 2.99. The van der Waals surface area contributed by atoms with Crippen molar-refractivity contribution < 1.29 is 4.39 Å². The molecule has 0 saturated carbocycles. The largest absolute Gasteiger partial charge is 0.368 e. The zero-order valence-electron chi connectivity index (χ0n) is 11.1. The van der Waals surface area contributed by atoms with E-state index in [2.05, 4.69) is 10.1 Å². The number of hydrogen-bond donors (Lipinski definition) is 1. The summed E-state index contributed by atoms with van der Waals surface area (Å²) < 4.78 is 14.3. The molecule has 1 heterocycles. The van der Waals surface area contributed by atoms with E-state index < -0.39 is 0 Å². The van der Waals surface area contributed by atoms with Crippen LogP contribution in [0.25, 0.3) is 11.3 Å². The van der Waals surface area contributed by atoms with Crippen LogP contribution in [0.3, 0.4) is 0 Å². The zero-order valence-corrected chi connectivity index (χ0v) is 11.1. The van der Waals surface area contributed by atoms with Crippen molar-refractivity contribution in [1.29, 1.82) is 0 Å². The fourth-order valence-corrected chi connectivity index (χ4v) is 1.90. The first kappa shape index (κ1) is 13.1. The van der Waals surface area contributed by atoms with E-state index in [1.54, 1.807) is 24.5 Å². The van der Waals surface area contributed by atoms with E-state index >= 15 is 0 Å². The molecular formula is C16H13FN4. The molecule has 0 unspecified atom stereocenters. The van der Waals surface area contributed by atoms with Crippen LogP contribution in [0, 0.1) is 5.82 Å². The van der Waals surface area contributed by atoms with Crippen molar-refractivity contribution in [3.8, 4) is 11.3 Å². The molecule has 0 bridgehead atoms. The van der Waals surface area contributed by atoms with Crippen molar-refractivity contribution in [2.24, 2.45) is 5.10 Å². The second-order valence-electron chi connectivity index (χ2n) is 4.49. The maximum atomic E-state index is 12.8. The monoisotopic (exact) mass is 280 g/mol. The Labute approximate surface area is 121 Å². The minimum absolute atomic E-state index is 0.277. The summed E-state index contributed by atoms with van der Waals surface area (Å²) in [5.41, 5.74) is 8.35. The van der Waals surface area contributed by atoms with Crippen LogP contribution < -0.4 is 5.73 Å². The van der Waals surface area contributed by atoms with Gasteiger partial charge in [-0.3, -0.25) is 0 Å². The van der Waals surface area contributed by atoms with Gasteiger partial charge in [-0.1, -0.05) is 42.5 Å². The number of rotatable bonds is 3. The molecule has 2 N–H and O–H groups in total. The molecule has 0 aliphatic rings. The van der Waals surface area contributed by atoms with Crippen molar-refractivity contribution in [2.75, 3.05) is 5.73 Å². The second-order valence-corrected chi connectivity index (χ2v) is 4.49. The average molecular weight is 280 g/mol. The summed E-state index contributed by atoms with van der Waals surface area (Å²) in [6.07, 6.45) is 3.36. The van der Waals surface area contributed by atoms with Gasteiger partial charge in [0.1, 0.15) is 5.82 Å². The maximum Gasteiger partial charge on any atom is 0.221 e.